The van der Waals surface area contributed by atoms with Gasteiger partial charge < -0.3 is 20.7 Å². The van der Waals surface area contributed by atoms with Gasteiger partial charge in [-0.2, -0.15) is 4.98 Å². The summed E-state index contributed by atoms with van der Waals surface area (Å²) in [5, 5.41) is 16.8. The Bertz CT molecular complexity index is 1270. The van der Waals surface area contributed by atoms with Crippen molar-refractivity contribution in [3.63, 3.8) is 0 Å². The van der Waals surface area contributed by atoms with E-state index in [4.69, 9.17) is 10.3 Å². The van der Waals surface area contributed by atoms with Crippen LogP contribution >= 0.6 is 0 Å². The molecule has 182 valence electrons. The molecule has 0 spiro atoms. The maximum Gasteiger partial charge on any atom is 0.278 e. The van der Waals surface area contributed by atoms with Crippen LogP contribution in [0.2, 0.25) is 0 Å². The van der Waals surface area contributed by atoms with Crippen LogP contribution in [-0.4, -0.2) is 52.3 Å². The number of aromatic nitrogens is 7. The average Bonchev–Trinajstić information content (AvgIpc) is 3.35. The Hall–Kier alpha value is -3.99. The van der Waals surface area contributed by atoms with Gasteiger partial charge in [0.2, 0.25) is 5.95 Å². The SMILES string of the molecule is CC(C)[C@@](C)(c1ccc(-c2cnc(N)nc2)nc1)c1noc(-c2cnc(NC(C)(C)CO)cn2)n1. The van der Waals surface area contributed by atoms with Crippen molar-refractivity contribution >= 4 is 11.8 Å². The molecule has 0 aliphatic carbocycles. The first-order valence-electron chi connectivity index (χ1n) is 11.2. The summed E-state index contributed by atoms with van der Waals surface area (Å²) in [7, 11) is 0. The summed E-state index contributed by atoms with van der Waals surface area (Å²) >= 11 is 0. The van der Waals surface area contributed by atoms with E-state index in [1.165, 1.54) is 0 Å². The van der Waals surface area contributed by atoms with E-state index in [0.717, 1.165) is 16.8 Å². The molecule has 4 aromatic heterocycles. The maximum absolute atomic E-state index is 9.43. The number of pyridine rings is 1. The van der Waals surface area contributed by atoms with Crippen molar-refractivity contribution < 1.29 is 9.63 Å². The van der Waals surface area contributed by atoms with Gasteiger partial charge in [0.1, 0.15) is 11.5 Å². The molecule has 4 aromatic rings. The fourth-order valence-electron chi connectivity index (χ4n) is 3.49. The van der Waals surface area contributed by atoms with E-state index in [0.29, 0.717) is 17.3 Å². The summed E-state index contributed by atoms with van der Waals surface area (Å²) < 4.78 is 5.56. The first-order chi connectivity index (χ1) is 16.6. The predicted octanol–water partition coefficient (Wildman–Crippen LogP) is 3.11. The average molecular weight is 476 g/mol. The first kappa shape index (κ1) is 24.1. The van der Waals surface area contributed by atoms with Crippen molar-refractivity contribution in [1.29, 1.82) is 0 Å². The first-order valence-corrected chi connectivity index (χ1v) is 11.2. The number of nitrogens with zero attached hydrogens (tertiary/aromatic N) is 7. The third kappa shape index (κ3) is 4.94. The number of hydrogen-bond donors (Lipinski definition) is 3. The van der Waals surface area contributed by atoms with Gasteiger partial charge in [0, 0.05) is 24.2 Å². The minimum atomic E-state index is -0.565. The monoisotopic (exact) mass is 475 g/mol. The second-order valence-electron chi connectivity index (χ2n) is 9.50. The fraction of sp³-hybridized carbons (Fsp3) is 0.375. The molecule has 0 fully saturated rings. The highest BCUT2D eigenvalue weighted by Crippen LogP contribution is 2.38. The number of aliphatic hydroxyl groups excluding tert-OH is 1. The van der Waals surface area contributed by atoms with Crippen molar-refractivity contribution in [2.45, 2.75) is 45.6 Å². The van der Waals surface area contributed by atoms with Crippen molar-refractivity contribution in [1.82, 2.24) is 35.1 Å². The Morgan fingerprint density at radius 1 is 0.943 bits per heavy atom. The van der Waals surface area contributed by atoms with Crippen LogP contribution in [0.3, 0.4) is 0 Å². The van der Waals surface area contributed by atoms with E-state index in [2.05, 4.69) is 61.1 Å². The maximum atomic E-state index is 9.43. The smallest absolute Gasteiger partial charge is 0.278 e. The van der Waals surface area contributed by atoms with Crippen LogP contribution in [0.5, 0.6) is 0 Å². The number of nitrogens with one attached hydrogen (secondary N) is 1. The lowest BCUT2D eigenvalue weighted by Gasteiger charge is -2.30. The number of nitrogen functional groups attached to an aromatic ring is 1. The fourth-order valence-corrected chi connectivity index (χ4v) is 3.49. The predicted molar refractivity (Wildman–Crippen MR) is 131 cm³/mol. The Balaban J connectivity index is 1.60. The number of rotatable bonds is 8. The molecular formula is C24H29N9O2. The van der Waals surface area contributed by atoms with E-state index in [9.17, 15) is 5.11 Å². The Labute approximate surface area is 203 Å². The molecule has 0 unspecified atom stereocenters. The van der Waals surface area contributed by atoms with Crippen LogP contribution in [0.4, 0.5) is 11.8 Å². The van der Waals surface area contributed by atoms with E-state index in [1.54, 1.807) is 24.8 Å². The van der Waals surface area contributed by atoms with Gasteiger partial charge >= 0.3 is 0 Å². The van der Waals surface area contributed by atoms with E-state index in [1.807, 2.05) is 32.2 Å². The highest BCUT2D eigenvalue weighted by atomic mass is 16.5. The van der Waals surface area contributed by atoms with Crippen LogP contribution in [0, 0.1) is 5.92 Å². The molecule has 35 heavy (non-hydrogen) atoms. The molecule has 4 heterocycles. The van der Waals surface area contributed by atoms with Gasteiger partial charge in [-0.05, 0) is 38.3 Å². The second-order valence-corrected chi connectivity index (χ2v) is 9.50. The van der Waals surface area contributed by atoms with Crippen molar-refractivity contribution in [3.8, 4) is 22.8 Å². The zero-order valence-corrected chi connectivity index (χ0v) is 20.4. The second kappa shape index (κ2) is 9.34. The van der Waals surface area contributed by atoms with Gasteiger partial charge in [-0.1, -0.05) is 25.1 Å². The molecule has 11 nitrogen and oxygen atoms in total. The zero-order chi connectivity index (χ0) is 25.2. The molecule has 0 radical (unpaired) electrons. The molecule has 0 aliphatic heterocycles. The Kier molecular flexibility index (Phi) is 6.44. The van der Waals surface area contributed by atoms with Gasteiger partial charge in [0.15, 0.2) is 5.82 Å². The molecule has 4 rings (SSSR count). The molecule has 0 bridgehead atoms. The van der Waals surface area contributed by atoms with E-state index in [-0.39, 0.29) is 24.4 Å². The molecule has 11 heteroatoms. The highest BCUT2D eigenvalue weighted by Gasteiger charge is 2.38. The van der Waals surface area contributed by atoms with Gasteiger partial charge in [0.25, 0.3) is 5.89 Å². The van der Waals surface area contributed by atoms with Crippen molar-refractivity contribution in [2.24, 2.45) is 5.92 Å². The third-order valence-corrected chi connectivity index (χ3v) is 6.11. The summed E-state index contributed by atoms with van der Waals surface area (Å²) in [6, 6.07) is 3.91. The van der Waals surface area contributed by atoms with Gasteiger partial charge in [0.05, 0.1) is 35.6 Å². The van der Waals surface area contributed by atoms with Crippen LogP contribution in [0.15, 0.2) is 47.6 Å². The standard InChI is InChI=1S/C24H29N9O2/c1-14(2)24(5,16-6-7-17(26-10-16)15-8-29-22(25)30-9-15)21-31-20(35-33-21)18-11-28-19(12-27-18)32-23(3,4)13-34/h6-12,14,34H,13H2,1-5H3,(H,28,32)(H2,25,29,30)/t24-/m0/s1. The number of aliphatic hydroxyl groups is 1. The molecule has 4 N–H and O–H groups in total. The summed E-state index contributed by atoms with van der Waals surface area (Å²) in [5.74, 6) is 1.69. The largest absolute Gasteiger partial charge is 0.394 e. The minimum Gasteiger partial charge on any atom is -0.394 e. The number of hydrogen-bond acceptors (Lipinski definition) is 11. The summed E-state index contributed by atoms with van der Waals surface area (Å²) in [6.45, 7) is 9.95. The van der Waals surface area contributed by atoms with Crippen molar-refractivity contribution in [3.05, 3.63) is 54.5 Å². The molecule has 0 aromatic carbocycles. The van der Waals surface area contributed by atoms with Crippen LogP contribution in [-0.2, 0) is 5.41 Å². The van der Waals surface area contributed by atoms with Gasteiger partial charge in [-0.15, -0.1) is 0 Å². The Morgan fingerprint density at radius 3 is 2.23 bits per heavy atom. The summed E-state index contributed by atoms with van der Waals surface area (Å²) in [4.78, 5) is 26.1. The lowest BCUT2D eigenvalue weighted by Crippen LogP contribution is -2.35. The zero-order valence-electron chi connectivity index (χ0n) is 20.4. The normalized spacial score (nSPS) is 13.6. The molecule has 1 atom stereocenters. The molecule has 0 saturated heterocycles. The summed E-state index contributed by atoms with van der Waals surface area (Å²) in [6.07, 6.45) is 8.23. The molecule has 0 amide bonds. The topological polar surface area (TPSA) is 162 Å². The van der Waals surface area contributed by atoms with Gasteiger partial charge in [-0.3, -0.25) is 4.98 Å². The van der Waals surface area contributed by atoms with Crippen LogP contribution < -0.4 is 11.1 Å². The Morgan fingerprint density at radius 2 is 1.66 bits per heavy atom. The summed E-state index contributed by atoms with van der Waals surface area (Å²) in [5.41, 5.74) is 7.41. The lowest BCUT2D eigenvalue weighted by molar-refractivity contribution is 0.234. The lowest BCUT2D eigenvalue weighted by atomic mass is 9.73. The highest BCUT2D eigenvalue weighted by molar-refractivity contribution is 5.57. The molecule has 0 saturated carbocycles. The number of anilines is 2. The van der Waals surface area contributed by atoms with E-state index >= 15 is 0 Å². The van der Waals surface area contributed by atoms with Gasteiger partial charge in [-0.25, -0.2) is 19.9 Å². The third-order valence-electron chi connectivity index (χ3n) is 6.11. The molecule has 0 aliphatic rings. The number of nitrogens with two attached hydrogens (primary N) is 1. The van der Waals surface area contributed by atoms with Crippen LogP contribution in [0.25, 0.3) is 22.8 Å². The van der Waals surface area contributed by atoms with E-state index < -0.39 is 11.0 Å². The minimum absolute atomic E-state index is 0.0408. The van der Waals surface area contributed by atoms with Crippen LogP contribution in [0.1, 0.15) is 46.0 Å². The quantitative estimate of drug-likeness (QED) is 0.343. The van der Waals surface area contributed by atoms with Crippen molar-refractivity contribution in [2.75, 3.05) is 17.7 Å². The molecular weight excluding hydrogens is 446 g/mol.